The maximum absolute atomic E-state index is 13.6. The zero-order chi connectivity index (χ0) is 14.0. The number of rotatable bonds is 3. The van der Waals surface area contributed by atoms with Crippen LogP contribution in [-0.2, 0) is 6.54 Å². The highest BCUT2D eigenvalue weighted by Crippen LogP contribution is 2.26. The Balaban J connectivity index is 2.21. The van der Waals surface area contributed by atoms with Crippen LogP contribution in [0.15, 0.2) is 34.8 Å². The molecule has 0 aliphatic heterocycles. The standard InChI is InChI=1S/C13H9BrClF2NO/c14-8-4-10(16)13(11(17)5-8)18-6-7-3-9(15)1-2-12(7)19/h1-5,18-19H,6H2. The summed E-state index contributed by atoms with van der Waals surface area (Å²) in [7, 11) is 0. The van der Waals surface area contributed by atoms with Crippen molar-refractivity contribution in [2.75, 3.05) is 5.32 Å². The van der Waals surface area contributed by atoms with Gasteiger partial charge in [0.05, 0.1) is 0 Å². The molecule has 0 heterocycles. The molecule has 0 unspecified atom stereocenters. The summed E-state index contributed by atoms with van der Waals surface area (Å²) < 4.78 is 27.5. The number of nitrogens with one attached hydrogen (secondary N) is 1. The van der Waals surface area contributed by atoms with Gasteiger partial charge in [-0.1, -0.05) is 27.5 Å². The lowest BCUT2D eigenvalue weighted by molar-refractivity contribution is 0.469. The van der Waals surface area contributed by atoms with Gasteiger partial charge in [0.1, 0.15) is 23.1 Å². The summed E-state index contributed by atoms with van der Waals surface area (Å²) in [5.41, 5.74) is 0.205. The number of phenols is 1. The maximum atomic E-state index is 13.6. The van der Waals surface area contributed by atoms with E-state index >= 15 is 0 Å². The van der Waals surface area contributed by atoms with E-state index in [1.54, 1.807) is 0 Å². The first-order chi connectivity index (χ1) is 8.97. The van der Waals surface area contributed by atoms with Gasteiger partial charge in [0.25, 0.3) is 0 Å². The van der Waals surface area contributed by atoms with Gasteiger partial charge in [-0.3, -0.25) is 0 Å². The van der Waals surface area contributed by atoms with Crippen LogP contribution < -0.4 is 5.32 Å². The third kappa shape index (κ3) is 3.36. The largest absolute Gasteiger partial charge is 0.508 e. The van der Waals surface area contributed by atoms with Crippen molar-refractivity contribution in [3.05, 3.63) is 57.0 Å². The molecule has 2 N–H and O–H groups in total. The van der Waals surface area contributed by atoms with Crippen LogP contribution in [0.5, 0.6) is 5.75 Å². The minimum absolute atomic E-state index is 0.00910. The van der Waals surface area contributed by atoms with Crippen LogP contribution in [-0.4, -0.2) is 5.11 Å². The predicted molar refractivity (Wildman–Crippen MR) is 74.5 cm³/mol. The topological polar surface area (TPSA) is 32.3 Å². The molecule has 2 aromatic rings. The van der Waals surface area contributed by atoms with Gasteiger partial charge in [0.15, 0.2) is 0 Å². The van der Waals surface area contributed by atoms with Crippen molar-refractivity contribution >= 4 is 33.2 Å². The number of anilines is 1. The average Bonchev–Trinajstić information content (AvgIpc) is 2.32. The fraction of sp³-hybridized carbons (Fsp3) is 0.0769. The van der Waals surface area contributed by atoms with E-state index in [4.69, 9.17) is 11.6 Å². The quantitative estimate of drug-likeness (QED) is 0.843. The van der Waals surface area contributed by atoms with Crippen LogP contribution in [0.1, 0.15) is 5.56 Å². The molecule has 100 valence electrons. The van der Waals surface area contributed by atoms with E-state index in [1.165, 1.54) is 18.2 Å². The zero-order valence-corrected chi connectivity index (χ0v) is 11.9. The van der Waals surface area contributed by atoms with E-state index in [-0.39, 0.29) is 18.0 Å². The molecule has 19 heavy (non-hydrogen) atoms. The van der Waals surface area contributed by atoms with Gasteiger partial charge in [-0.15, -0.1) is 0 Å². The molecule has 0 aromatic heterocycles. The lowest BCUT2D eigenvalue weighted by Crippen LogP contribution is -2.04. The van der Waals surface area contributed by atoms with E-state index in [2.05, 4.69) is 21.2 Å². The Kier molecular flexibility index (Phi) is 4.27. The van der Waals surface area contributed by atoms with Crippen molar-refractivity contribution in [3.8, 4) is 5.75 Å². The van der Waals surface area contributed by atoms with Crippen molar-refractivity contribution in [1.82, 2.24) is 0 Å². The molecule has 0 aliphatic rings. The van der Waals surface area contributed by atoms with E-state index in [9.17, 15) is 13.9 Å². The second kappa shape index (κ2) is 5.75. The Bertz CT molecular complexity index is 599. The number of benzene rings is 2. The lowest BCUT2D eigenvalue weighted by atomic mass is 10.2. The molecule has 2 rings (SSSR count). The Morgan fingerprint density at radius 1 is 1.16 bits per heavy atom. The predicted octanol–water partition coefficient (Wildman–Crippen LogP) is 4.70. The normalized spacial score (nSPS) is 10.5. The molecule has 0 amide bonds. The number of aromatic hydroxyl groups is 1. The smallest absolute Gasteiger partial charge is 0.150 e. The molecule has 0 saturated heterocycles. The molecule has 0 radical (unpaired) electrons. The molecule has 0 fully saturated rings. The van der Waals surface area contributed by atoms with Gasteiger partial charge in [-0.05, 0) is 30.3 Å². The third-order valence-electron chi connectivity index (χ3n) is 2.50. The summed E-state index contributed by atoms with van der Waals surface area (Å²) in [5, 5.41) is 12.6. The van der Waals surface area contributed by atoms with Crippen molar-refractivity contribution in [3.63, 3.8) is 0 Å². The Morgan fingerprint density at radius 3 is 2.42 bits per heavy atom. The minimum Gasteiger partial charge on any atom is -0.508 e. The van der Waals surface area contributed by atoms with Gasteiger partial charge in [-0.2, -0.15) is 0 Å². The van der Waals surface area contributed by atoms with Gasteiger partial charge in [0.2, 0.25) is 0 Å². The summed E-state index contributed by atoms with van der Waals surface area (Å²) in [5.74, 6) is -1.42. The molecule has 2 aromatic carbocycles. The summed E-state index contributed by atoms with van der Waals surface area (Å²) in [4.78, 5) is 0. The fourth-order valence-electron chi connectivity index (χ4n) is 1.59. The first kappa shape index (κ1) is 14.1. The Hall–Kier alpha value is -1.33. The highest BCUT2D eigenvalue weighted by molar-refractivity contribution is 9.10. The van der Waals surface area contributed by atoms with Crippen LogP contribution in [0.3, 0.4) is 0 Å². The molecule has 0 spiro atoms. The van der Waals surface area contributed by atoms with Crippen LogP contribution >= 0.6 is 27.5 Å². The molecular weight excluding hydrogens is 340 g/mol. The second-order valence-electron chi connectivity index (χ2n) is 3.87. The monoisotopic (exact) mass is 347 g/mol. The summed E-state index contributed by atoms with van der Waals surface area (Å²) >= 11 is 8.79. The number of hydrogen-bond acceptors (Lipinski definition) is 2. The number of halogens is 4. The van der Waals surface area contributed by atoms with Crippen molar-refractivity contribution in [1.29, 1.82) is 0 Å². The first-order valence-electron chi connectivity index (χ1n) is 5.33. The van der Waals surface area contributed by atoms with Crippen LogP contribution in [0.25, 0.3) is 0 Å². The molecule has 0 saturated carbocycles. The number of hydrogen-bond donors (Lipinski definition) is 2. The molecule has 0 atom stereocenters. The van der Waals surface area contributed by atoms with Gasteiger partial charge >= 0.3 is 0 Å². The van der Waals surface area contributed by atoms with Gasteiger partial charge in [0, 0.05) is 21.6 Å². The summed E-state index contributed by atoms with van der Waals surface area (Å²) in [6.45, 7) is 0.0574. The first-order valence-corrected chi connectivity index (χ1v) is 6.50. The summed E-state index contributed by atoms with van der Waals surface area (Å²) in [6, 6.07) is 6.79. The van der Waals surface area contributed by atoms with Crippen LogP contribution in [0.2, 0.25) is 5.02 Å². The van der Waals surface area contributed by atoms with E-state index in [0.29, 0.717) is 15.1 Å². The SMILES string of the molecule is Oc1ccc(Cl)cc1CNc1c(F)cc(Br)cc1F. The van der Waals surface area contributed by atoms with Crippen molar-refractivity contribution in [2.24, 2.45) is 0 Å². The number of phenolic OH excluding ortho intramolecular Hbond substituents is 1. The average molecular weight is 349 g/mol. The molecular formula is C13H9BrClF2NO. The molecule has 0 bridgehead atoms. The highest BCUT2D eigenvalue weighted by Gasteiger charge is 2.11. The minimum atomic E-state index is -0.714. The zero-order valence-electron chi connectivity index (χ0n) is 9.55. The fourth-order valence-corrected chi connectivity index (χ4v) is 2.19. The second-order valence-corrected chi connectivity index (χ2v) is 5.22. The van der Waals surface area contributed by atoms with Crippen LogP contribution in [0, 0.1) is 11.6 Å². The lowest BCUT2D eigenvalue weighted by Gasteiger charge is -2.10. The van der Waals surface area contributed by atoms with Crippen LogP contribution in [0.4, 0.5) is 14.5 Å². The van der Waals surface area contributed by atoms with E-state index in [0.717, 1.165) is 12.1 Å². The Morgan fingerprint density at radius 2 is 1.79 bits per heavy atom. The van der Waals surface area contributed by atoms with Crippen molar-refractivity contribution < 1.29 is 13.9 Å². The molecule has 2 nitrogen and oxygen atoms in total. The van der Waals surface area contributed by atoms with Gasteiger partial charge in [-0.25, -0.2) is 8.78 Å². The Labute approximate surface area is 122 Å². The van der Waals surface area contributed by atoms with Gasteiger partial charge < -0.3 is 10.4 Å². The highest BCUT2D eigenvalue weighted by atomic mass is 79.9. The van der Waals surface area contributed by atoms with E-state index < -0.39 is 11.6 Å². The third-order valence-corrected chi connectivity index (χ3v) is 3.20. The maximum Gasteiger partial charge on any atom is 0.150 e. The van der Waals surface area contributed by atoms with E-state index in [1.807, 2.05) is 0 Å². The molecule has 6 heteroatoms. The van der Waals surface area contributed by atoms with Crippen molar-refractivity contribution in [2.45, 2.75) is 6.54 Å². The summed E-state index contributed by atoms with van der Waals surface area (Å²) in [6.07, 6.45) is 0. The molecule has 0 aliphatic carbocycles.